The average Bonchev–Trinajstić information content (AvgIpc) is 2.10. The van der Waals surface area contributed by atoms with Crippen molar-refractivity contribution in [1.29, 1.82) is 0 Å². The molecule has 2 nitrogen and oxygen atoms in total. The first-order chi connectivity index (χ1) is 6.59. The molecule has 0 heterocycles. The number of hydrogen-bond acceptors (Lipinski definition) is 1. The molecule has 0 saturated carbocycles. The normalized spacial score (nSPS) is 9.00. The highest BCUT2D eigenvalue weighted by atomic mass is 19.1. The van der Waals surface area contributed by atoms with Crippen LogP contribution in [-0.2, 0) is 4.79 Å². The van der Waals surface area contributed by atoms with Gasteiger partial charge in [-0.2, -0.15) is 0 Å². The van der Waals surface area contributed by atoms with E-state index in [0.29, 0.717) is 11.1 Å². The van der Waals surface area contributed by atoms with E-state index in [9.17, 15) is 9.18 Å². The molecule has 0 aromatic heterocycles. The van der Waals surface area contributed by atoms with Crippen LogP contribution in [0.25, 0.3) is 0 Å². The van der Waals surface area contributed by atoms with Crippen LogP contribution < -0.4 is 0 Å². The van der Waals surface area contributed by atoms with Crippen LogP contribution >= 0.6 is 0 Å². The molecule has 0 spiro atoms. The number of carboxylic acid groups (broad SMARTS) is 1. The van der Waals surface area contributed by atoms with Gasteiger partial charge in [0.15, 0.2) is 0 Å². The van der Waals surface area contributed by atoms with Crippen molar-refractivity contribution in [1.82, 2.24) is 0 Å². The van der Waals surface area contributed by atoms with Crippen molar-refractivity contribution in [2.24, 2.45) is 0 Å². The Kier molecular flexibility index (Phi) is 3.24. The number of carbonyl (C=O) groups is 1. The summed E-state index contributed by atoms with van der Waals surface area (Å²) in [6, 6.07) is 4.43. The third-order valence-corrected chi connectivity index (χ3v) is 1.63. The van der Waals surface area contributed by atoms with Crippen molar-refractivity contribution in [3.05, 3.63) is 35.1 Å². The Balaban J connectivity index is 2.81. The lowest BCUT2D eigenvalue weighted by atomic mass is 10.1. The fourth-order valence-electron chi connectivity index (χ4n) is 0.944. The van der Waals surface area contributed by atoms with Crippen LogP contribution in [0.15, 0.2) is 18.2 Å². The van der Waals surface area contributed by atoms with E-state index >= 15 is 0 Å². The highest BCUT2D eigenvalue weighted by molar-refractivity contribution is 5.70. The average molecular weight is 192 g/mol. The van der Waals surface area contributed by atoms with E-state index in [1.165, 1.54) is 12.1 Å². The van der Waals surface area contributed by atoms with Crippen molar-refractivity contribution in [3.8, 4) is 11.8 Å². The number of halogens is 1. The smallest absolute Gasteiger partial charge is 0.315 e. The highest BCUT2D eigenvalue weighted by Gasteiger charge is 1.96. The maximum atomic E-state index is 12.8. The number of hydrogen-bond donors (Lipinski definition) is 1. The van der Waals surface area contributed by atoms with Crippen LogP contribution in [-0.4, -0.2) is 11.1 Å². The molecule has 1 N–H and O–H groups in total. The number of rotatable bonds is 1. The molecule has 1 aromatic rings. The van der Waals surface area contributed by atoms with Gasteiger partial charge in [0.2, 0.25) is 0 Å². The van der Waals surface area contributed by atoms with Crippen LogP contribution in [0.3, 0.4) is 0 Å². The molecule has 0 aliphatic heterocycles. The standard InChI is InChI=1S/C11H9FO2/c1-8-7-9(5-6-10(8)12)3-2-4-11(13)14/h5-7H,4H2,1H3,(H,13,14). The Labute approximate surface area is 81.4 Å². The quantitative estimate of drug-likeness (QED) is 0.690. The Morgan fingerprint density at radius 2 is 2.29 bits per heavy atom. The van der Waals surface area contributed by atoms with Crippen molar-refractivity contribution in [2.75, 3.05) is 0 Å². The van der Waals surface area contributed by atoms with Crippen LogP contribution in [0.1, 0.15) is 17.5 Å². The minimum atomic E-state index is -0.962. The lowest BCUT2D eigenvalue weighted by molar-refractivity contribution is -0.135. The third kappa shape index (κ3) is 2.91. The van der Waals surface area contributed by atoms with Gasteiger partial charge in [-0.05, 0) is 30.7 Å². The van der Waals surface area contributed by atoms with Crippen LogP contribution in [0, 0.1) is 24.6 Å². The summed E-state index contributed by atoms with van der Waals surface area (Å²) in [5.74, 6) is 3.88. The van der Waals surface area contributed by atoms with Crippen LogP contribution in [0.5, 0.6) is 0 Å². The SMILES string of the molecule is Cc1cc(C#CCC(=O)O)ccc1F. The second-order valence-corrected chi connectivity index (χ2v) is 2.84. The number of carboxylic acids is 1. The highest BCUT2D eigenvalue weighted by Crippen LogP contribution is 2.07. The second kappa shape index (κ2) is 4.43. The van der Waals surface area contributed by atoms with Crippen LogP contribution in [0.4, 0.5) is 4.39 Å². The van der Waals surface area contributed by atoms with Crippen LogP contribution in [0.2, 0.25) is 0 Å². The molecule has 1 rings (SSSR count). The Bertz CT molecular complexity index is 413. The molecule has 0 aliphatic carbocycles. The summed E-state index contributed by atoms with van der Waals surface area (Å²) in [5.41, 5.74) is 1.14. The number of benzene rings is 1. The van der Waals surface area contributed by atoms with Gasteiger partial charge in [-0.25, -0.2) is 4.39 Å². The minimum Gasteiger partial charge on any atom is -0.481 e. The molecule has 1 aromatic carbocycles. The van der Waals surface area contributed by atoms with Crippen molar-refractivity contribution in [3.63, 3.8) is 0 Å². The van der Waals surface area contributed by atoms with E-state index in [2.05, 4.69) is 11.8 Å². The molecule has 3 heteroatoms. The molecule has 0 radical (unpaired) electrons. The maximum Gasteiger partial charge on any atom is 0.315 e. The van der Waals surface area contributed by atoms with Gasteiger partial charge in [-0.3, -0.25) is 4.79 Å². The summed E-state index contributed by atoms with van der Waals surface area (Å²) >= 11 is 0. The first kappa shape index (κ1) is 10.3. The summed E-state index contributed by atoms with van der Waals surface area (Å²) in [6.45, 7) is 1.64. The van der Waals surface area contributed by atoms with Gasteiger partial charge in [0, 0.05) is 5.56 Å². The molecule has 0 saturated heterocycles. The number of aliphatic carboxylic acids is 1. The first-order valence-corrected chi connectivity index (χ1v) is 4.06. The van der Waals surface area contributed by atoms with Gasteiger partial charge in [-0.15, -0.1) is 0 Å². The molecule has 14 heavy (non-hydrogen) atoms. The molecule has 0 aliphatic rings. The predicted octanol–water partition coefficient (Wildman–Crippen LogP) is 1.96. The molecule has 0 fully saturated rings. The minimum absolute atomic E-state index is 0.198. The van der Waals surface area contributed by atoms with E-state index in [1.54, 1.807) is 13.0 Å². The fraction of sp³-hybridized carbons (Fsp3) is 0.182. The topological polar surface area (TPSA) is 37.3 Å². The zero-order valence-corrected chi connectivity index (χ0v) is 7.67. The summed E-state index contributed by atoms with van der Waals surface area (Å²) in [6.07, 6.45) is -0.198. The largest absolute Gasteiger partial charge is 0.481 e. The summed E-state index contributed by atoms with van der Waals surface area (Å²) in [5, 5.41) is 8.33. The van der Waals surface area contributed by atoms with E-state index < -0.39 is 5.97 Å². The first-order valence-electron chi connectivity index (χ1n) is 4.06. The maximum absolute atomic E-state index is 12.8. The fourth-order valence-corrected chi connectivity index (χ4v) is 0.944. The van der Waals surface area contributed by atoms with Gasteiger partial charge in [-0.1, -0.05) is 11.8 Å². The molecular formula is C11H9FO2. The van der Waals surface area contributed by atoms with Gasteiger partial charge in [0.05, 0.1) is 0 Å². The van der Waals surface area contributed by atoms with E-state index in [0.717, 1.165) is 0 Å². The van der Waals surface area contributed by atoms with Gasteiger partial charge in [0.1, 0.15) is 12.2 Å². The van der Waals surface area contributed by atoms with E-state index in [-0.39, 0.29) is 12.2 Å². The van der Waals surface area contributed by atoms with Crippen molar-refractivity contribution >= 4 is 5.97 Å². The third-order valence-electron chi connectivity index (χ3n) is 1.63. The molecule has 0 atom stereocenters. The monoisotopic (exact) mass is 192 g/mol. The molecule has 0 amide bonds. The predicted molar refractivity (Wildman–Crippen MR) is 50.3 cm³/mol. The Hall–Kier alpha value is -1.82. The second-order valence-electron chi connectivity index (χ2n) is 2.84. The Morgan fingerprint density at radius 1 is 1.57 bits per heavy atom. The zero-order valence-electron chi connectivity index (χ0n) is 7.67. The van der Waals surface area contributed by atoms with E-state index in [1.807, 2.05) is 0 Å². The van der Waals surface area contributed by atoms with Gasteiger partial charge >= 0.3 is 5.97 Å². The molecule has 0 unspecified atom stereocenters. The zero-order chi connectivity index (χ0) is 10.6. The summed E-state index contributed by atoms with van der Waals surface area (Å²) < 4.78 is 12.8. The van der Waals surface area contributed by atoms with Gasteiger partial charge in [0.25, 0.3) is 0 Å². The number of aryl methyl sites for hydroxylation is 1. The Morgan fingerprint density at radius 3 is 2.86 bits per heavy atom. The summed E-state index contributed by atoms with van der Waals surface area (Å²) in [4.78, 5) is 10.1. The summed E-state index contributed by atoms with van der Waals surface area (Å²) in [7, 11) is 0. The lowest BCUT2D eigenvalue weighted by Crippen LogP contribution is -1.90. The molecule has 72 valence electrons. The van der Waals surface area contributed by atoms with Crippen molar-refractivity contribution in [2.45, 2.75) is 13.3 Å². The molecule has 0 bridgehead atoms. The van der Waals surface area contributed by atoms with E-state index in [4.69, 9.17) is 5.11 Å². The van der Waals surface area contributed by atoms with Crippen molar-refractivity contribution < 1.29 is 14.3 Å². The lowest BCUT2D eigenvalue weighted by Gasteiger charge is -1.95. The molecular weight excluding hydrogens is 183 g/mol. The van der Waals surface area contributed by atoms with Gasteiger partial charge < -0.3 is 5.11 Å².